The lowest BCUT2D eigenvalue weighted by molar-refractivity contribution is 0.181. The molecule has 3 aromatic rings. The zero-order valence-corrected chi connectivity index (χ0v) is 21.7. The van der Waals surface area contributed by atoms with Crippen LogP contribution in [-0.2, 0) is 12.0 Å². The second kappa shape index (κ2) is 9.32. The fourth-order valence-electron chi connectivity index (χ4n) is 4.99. The monoisotopic (exact) mass is 457 g/mol. The van der Waals surface area contributed by atoms with E-state index in [-0.39, 0.29) is 17.5 Å². The smallest absolute Gasteiger partial charge is 0.322 e. The average molecular weight is 458 g/mol. The SMILES string of the molecule is CC(C)c1cccc(C(C)C)c1NC(=O)N1CCn2cccc2[C@@H]1c1ccc(C(C)(C)C)cc1. The van der Waals surface area contributed by atoms with Crippen LogP contribution in [0.4, 0.5) is 10.5 Å². The van der Waals surface area contributed by atoms with Crippen LogP contribution in [0.25, 0.3) is 0 Å². The molecule has 4 rings (SSSR count). The highest BCUT2D eigenvalue weighted by atomic mass is 16.2. The number of rotatable bonds is 4. The second-order valence-corrected chi connectivity index (χ2v) is 11.1. The summed E-state index contributed by atoms with van der Waals surface area (Å²) >= 11 is 0. The van der Waals surface area contributed by atoms with Crippen molar-refractivity contribution < 1.29 is 4.79 Å². The molecule has 2 heterocycles. The van der Waals surface area contributed by atoms with Crippen molar-refractivity contribution in [3.8, 4) is 0 Å². The van der Waals surface area contributed by atoms with Gasteiger partial charge in [0.15, 0.2) is 0 Å². The summed E-state index contributed by atoms with van der Waals surface area (Å²) in [5.74, 6) is 0.654. The first-order chi connectivity index (χ1) is 16.1. The Morgan fingerprint density at radius 2 is 1.50 bits per heavy atom. The van der Waals surface area contributed by atoms with Crippen molar-refractivity contribution in [3.05, 3.63) is 88.7 Å². The maximum absolute atomic E-state index is 13.9. The molecule has 1 aliphatic heterocycles. The van der Waals surface area contributed by atoms with Crippen molar-refractivity contribution in [1.82, 2.24) is 9.47 Å². The Kier molecular flexibility index (Phi) is 6.62. The lowest BCUT2D eigenvalue weighted by Crippen LogP contribution is -2.44. The minimum atomic E-state index is -0.119. The highest BCUT2D eigenvalue weighted by Gasteiger charge is 2.33. The normalized spacial score (nSPS) is 16.1. The molecule has 4 nitrogen and oxygen atoms in total. The molecule has 0 aliphatic carbocycles. The van der Waals surface area contributed by atoms with Gasteiger partial charge < -0.3 is 14.8 Å². The third-order valence-electron chi connectivity index (χ3n) is 7.00. The summed E-state index contributed by atoms with van der Waals surface area (Å²) in [5.41, 5.74) is 7.04. The lowest BCUT2D eigenvalue weighted by Gasteiger charge is -2.38. The van der Waals surface area contributed by atoms with Crippen LogP contribution in [0.15, 0.2) is 60.8 Å². The van der Waals surface area contributed by atoms with E-state index in [2.05, 4.69) is 119 Å². The molecule has 1 aliphatic rings. The predicted molar refractivity (Wildman–Crippen MR) is 142 cm³/mol. The number of nitrogens with one attached hydrogen (secondary N) is 1. The Balaban J connectivity index is 1.72. The van der Waals surface area contributed by atoms with E-state index < -0.39 is 0 Å². The molecule has 180 valence electrons. The number of carbonyl (C=O) groups is 1. The van der Waals surface area contributed by atoms with E-state index in [0.29, 0.717) is 18.4 Å². The Bertz CT molecular complexity index is 1120. The molecule has 0 radical (unpaired) electrons. The maximum Gasteiger partial charge on any atom is 0.322 e. The highest BCUT2D eigenvalue weighted by molar-refractivity contribution is 5.92. The summed E-state index contributed by atoms with van der Waals surface area (Å²) in [6.45, 7) is 16.9. The molecule has 0 unspecified atom stereocenters. The lowest BCUT2D eigenvalue weighted by atomic mass is 9.86. The molecule has 2 aromatic carbocycles. The van der Waals surface area contributed by atoms with Gasteiger partial charge in [-0.3, -0.25) is 0 Å². The molecule has 0 bridgehead atoms. The van der Waals surface area contributed by atoms with Crippen LogP contribution in [0.3, 0.4) is 0 Å². The zero-order chi connectivity index (χ0) is 24.6. The van der Waals surface area contributed by atoms with Crippen LogP contribution in [0.2, 0.25) is 0 Å². The number of carbonyl (C=O) groups excluding carboxylic acids is 1. The average Bonchev–Trinajstić information content (AvgIpc) is 3.26. The molecule has 0 saturated heterocycles. The number of hydrogen-bond acceptors (Lipinski definition) is 1. The summed E-state index contributed by atoms with van der Waals surface area (Å²) in [5, 5.41) is 3.35. The van der Waals surface area contributed by atoms with E-state index in [9.17, 15) is 4.79 Å². The molecule has 0 fully saturated rings. The summed E-state index contributed by atoms with van der Waals surface area (Å²) < 4.78 is 2.27. The Hall–Kier alpha value is -3.01. The van der Waals surface area contributed by atoms with E-state index in [1.165, 1.54) is 16.7 Å². The molecule has 34 heavy (non-hydrogen) atoms. The molecule has 0 spiro atoms. The Morgan fingerprint density at radius 1 is 0.882 bits per heavy atom. The van der Waals surface area contributed by atoms with Crippen LogP contribution in [-0.4, -0.2) is 22.0 Å². The third kappa shape index (κ3) is 4.64. The molecule has 1 aromatic heterocycles. The second-order valence-electron chi connectivity index (χ2n) is 11.1. The summed E-state index contributed by atoms with van der Waals surface area (Å²) in [6.07, 6.45) is 2.12. The molecule has 1 N–H and O–H groups in total. The quantitative estimate of drug-likeness (QED) is 0.429. The number of benzene rings is 2. The molecule has 4 heteroatoms. The maximum atomic E-state index is 13.9. The first-order valence-electron chi connectivity index (χ1n) is 12.5. The topological polar surface area (TPSA) is 37.3 Å². The largest absolute Gasteiger partial charge is 0.348 e. The molecule has 2 amide bonds. The predicted octanol–water partition coefficient (Wildman–Crippen LogP) is 7.67. The zero-order valence-electron chi connectivity index (χ0n) is 21.7. The molecular weight excluding hydrogens is 418 g/mol. The van der Waals surface area contributed by atoms with Crippen LogP contribution in [0.1, 0.15) is 94.3 Å². The van der Waals surface area contributed by atoms with Crippen molar-refractivity contribution in [3.63, 3.8) is 0 Å². The van der Waals surface area contributed by atoms with Gasteiger partial charge in [0, 0.05) is 30.7 Å². The Morgan fingerprint density at radius 3 is 2.06 bits per heavy atom. The van der Waals surface area contributed by atoms with E-state index >= 15 is 0 Å². The minimum Gasteiger partial charge on any atom is -0.348 e. The van der Waals surface area contributed by atoms with Gasteiger partial charge in [-0.25, -0.2) is 4.79 Å². The summed E-state index contributed by atoms with van der Waals surface area (Å²) in [7, 11) is 0. The first kappa shape index (κ1) is 24.1. The van der Waals surface area contributed by atoms with Crippen LogP contribution in [0.5, 0.6) is 0 Å². The standard InChI is InChI=1S/C30H39N3O/c1-20(2)24-10-8-11-25(21(3)4)27(24)31-29(34)33-19-18-32-17-9-12-26(32)28(33)22-13-15-23(16-14-22)30(5,6)7/h8-17,20-21,28H,18-19H2,1-7H3,(H,31,34)/t28-/m0/s1. The summed E-state index contributed by atoms with van der Waals surface area (Å²) in [6, 6.07) is 19.2. The number of anilines is 1. The van der Waals surface area contributed by atoms with Gasteiger partial charge in [0.2, 0.25) is 0 Å². The number of para-hydroxylation sites is 1. The van der Waals surface area contributed by atoms with Crippen molar-refractivity contribution >= 4 is 11.7 Å². The van der Waals surface area contributed by atoms with Crippen LogP contribution < -0.4 is 5.32 Å². The van der Waals surface area contributed by atoms with E-state index in [1.807, 2.05) is 4.90 Å². The number of urea groups is 1. The van der Waals surface area contributed by atoms with Crippen LogP contribution >= 0.6 is 0 Å². The van der Waals surface area contributed by atoms with Gasteiger partial charge in [-0.05, 0) is 51.6 Å². The molecule has 0 saturated carbocycles. The van der Waals surface area contributed by atoms with Gasteiger partial charge in [0.25, 0.3) is 0 Å². The first-order valence-corrected chi connectivity index (χ1v) is 12.5. The van der Waals surface area contributed by atoms with Gasteiger partial charge in [-0.15, -0.1) is 0 Å². The van der Waals surface area contributed by atoms with Gasteiger partial charge in [0.05, 0.1) is 6.04 Å². The fourth-order valence-corrected chi connectivity index (χ4v) is 4.99. The minimum absolute atomic E-state index is 0.0349. The van der Waals surface area contributed by atoms with Gasteiger partial charge in [-0.2, -0.15) is 0 Å². The highest BCUT2D eigenvalue weighted by Crippen LogP contribution is 2.36. The summed E-state index contributed by atoms with van der Waals surface area (Å²) in [4.78, 5) is 15.9. The number of fused-ring (bicyclic) bond motifs is 1. The van der Waals surface area contributed by atoms with Gasteiger partial charge in [0.1, 0.15) is 0 Å². The molecule has 1 atom stereocenters. The van der Waals surface area contributed by atoms with Crippen molar-refractivity contribution in [2.24, 2.45) is 0 Å². The van der Waals surface area contributed by atoms with Crippen molar-refractivity contribution in [2.75, 3.05) is 11.9 Å². The number of hydrogen-bond donors (Lipinski definition) is 1. The van der Waals surface area contributed by atoms with Crippen molar-refractivity contribution in [1.29, 1.82) is 0 Å². The van der Waals surface area contributed by atoms with E-state index in [4.69, 9.17) is 0 Å². The van der Waals surface area contributed by atoms with Crippen molar-refractivity contribution in [2.45, 2.75) is 78.3 Å². The van der Waals surface area contributed by atoms with Gasteiger partial charge >= 0.3 is 6.03 Å². The van der Waals surface area contributed by atoms with Gasteiger partial charge in [-0.1, -0.05) is 90.9 Å². The number of amides is 2. The third-order valence-corrected chi connectivity index (χ3v) is 7.00. The van der Waals surface area contributed by atoms with E-state index in [0.717, 1.165) is 23.5 Å². The number of aromatic nitrogens is 1. The number of nitrogens with zero attached hydrogens (tertiary/aromatic N) is 2. The molecular formula is C30H39N3O. The van der Waals surface area contributed by atoms with Crippen LogP contribution in [0, 0.1) is 0 Å². The van der Waals surface area contributed by atoms with E-state index in [1.54, 1.807) is 0 Å². The Labute approximate surface area is 205 Å². The fraction of sp³-hybridized carbons (Fsp3) is 0.433.